The summed E-state index contributed by atoms with van der Waals surface area (Å²) in [7, 11) is 0. The molecule has 0 saturated heterocycles. The number of hydrogen-bond donors (Lipinski definition) is 3. The quantitative estimate of drug-likeness (QED) is 0.668. The molecule has 0 aliphatic carbocycles. The second-order valence-electron chi connectivity index (χ2n) is 6.73. The van der Waals surface area contributed by atoms with Gasteiger partial charge in [-0.2, -0.15) is 0 Å². The molecule has 148 valence electrons. The zero-order chi connectivity index (χ0) is 20.7. The van der Waals surface area contributed by atoms with Crippen LogP contribution in [0.1, 0.15) is 35.3 Å². The molecule has 0 fully saturated rings. The number of rotatable bonds is 6. The number of anilines is 1. The minimum atomic E-state index is -0.475. The summed E-state index contributed by atoms with van der Waals surface area (Å²) in [5.74, 6) is -0.529. The molecule has 0 heterocycles. The molecule has 2 aromatic rings. The lowest BCUT2D eigenvalue weighted by Gasteiger charge is -2.12. The van der Waals surface area contributed by atoms with Crippen LogP contribution in [0, 0.1) is 19.8 Å². The standard InChI is InChI=1S/C21H25N3O4/c1-13(2)20(26)22-17-10-8-16(9-11-17)21(27)24-23-18(25)12-28-19-14(3)6-5-7-15(19)4/h5-11,13H,12H2,1-4H3,(H,22,26)(H,23,25)(H,24,27). The van der Waals surface area contributed by atoms with Gasteiger partial charge < -0.3 is 10.1 Å². The van der Waals surface area contributed by atoms with Crippen molar-refractivity contribution in [2.24, 2.45) is 5.92 Å². The molecule has 0 saturated carbocycles. The van der Waals surface area contributed by atoms with Gasteiger partial charge in [-0.15, -0.1) is 0 Å². The van der Waals surface area contributed by atoms with Gasteiger partial charge in [0.15, 0.2) is 6.61 Å². The van der Waals surface area contributed by atoms with Crippen LogP contribution in [0.25, 0.3) is 0 Å². The van der Waals surface area contributed by atoms with Crippen molar-refractivity contribution in [1.29, 1.82) is 0 Å². The molecular weight excluding hydrogens is 358 g/mol. The van der Waals surface area contributed by atoms with Crippen molar-refractivity contribution in [1.82, 2.24) is 10.9 Å². The zero-order valence-corrected chi connectivity index (χ0v) is 16.5. The van der Waals surface area contributed by atoms with E-state index in [4.69, 9.17) is 4.74 Å². The molecule has 0 unspecified atom stereocenters. The monoisotopic (exact) mass is 383 g/mol. The summed E-state index contributed by atoms with van der Waals surface area (Å²) in [4.78, 5) is 35.7. The van der Waals surface area contributed by atoms with Crippen molar-refractivity contribution < 1.29 is 19.1 Å². The number of aryl methyl sites for hydroxylation is 2. The third-order valence-electron chi connectivity index (χ3n) is 4.01. The molecule has 3 N–H and O–H groups in total. The predicted octanol–water partition coefficient (Wildman–Crippen LogP) is 2.74. The van der Waals surface area contributed by atoms with Crippen molar-refractivity contribution >= 4 is 23.4 Å². The van der Waals surface area contributed by atoms with Gasteiger partial charge in [0.05, 0.1) is 0 Å². The third-order valence-corrected chi connectivity index (χ3v) is 4.01. The first-order chi connectivity index (χ1) is 13.3. The van der Waals surface area contributed by atoms with E-state index in [9.17, 15) is 14.4 Å². The van der Waals surface area contributed by atoms with Gasteiger partial charge in [-0.25, -0.2) is 0 Å². The van der Waals surface area contributed by atoms with Gasteiger partial charge in [-0.3, -0.25) is 25.2 Å². The van der Waals surface area contributed by atoms with E-state index in [2.05, 4.69) is 16.2 Å². The highest BCUT2D eigenvalue weighted by atomic mass is 16.5. The Kier molecular flexibility index (Phi) is 7.14. The number of nitrogens with one attached hydrogen (secondary N) is 3. The summed E-state index contributed by atoms with van der Waals surface area (Å²) in [6.07, 6.45) is 0. The predicted molar refractivity (Wildman–Crippen MR) is 107 cm³/mol. The number of amides is 3. The normalized spacial score (nSPS) is 10.3. The minimum absolute atomic E-state index is 0.103. The Morgan fingerprint density at radius 2 is 1.54 bits per heavy atom. The van der Waals surface area contributed by atoms with Crippen LogP contribution in [-0.4, -0.2) is 24.3 Å². The molecule has 0 aliphatic heterocycles. The van der Waals surface area contributed by atoms with E-state index < -0.39 is 11.8 Å². The fourth-order valence-corrected chi connectivity index (χ4v) is 2.39. The molecule has 0 atom stereocenters. The summed E-state index contributed by atoms with van der Waals surface area (Å²) >= 11 is 0. The fraction of sp³-hybridized carbons (Fsp3) is 0.286. The summed E-state index contributed by atoms with van der Waals surface area (Å²) < 4.78 is 5.54. The molecule has 7 heteroatoms. The highest BCUT2D eigenvalue weighted by molar-refractivity contribution is 5.97. The number of ether oxygens (including phenoxy) is 1. The minimum Gasteiger partial charge on any atom is -0.483 e. The Labute approximate surface area is 164 Å². The number of hydrazine groups is 1. The van der Waals surface area contributed by atoms with Crippen molar-refractivity contribution in [3.63, 3.8) is 0 Å². The molecule has 0 aliphatic rings. The maximum Gasteiger partial charge on any atom is 0.276 e. The molecule has 2 rings (SSSR count). The Hall–Kier alpha value is -3.35. The molecule has 0 bridgehead atoms. The van der Waals surface area contributed by atoms with Crippen molar-refractivity contribution in [2.75, 3.05) is 11.9 Å². The Morgan fingerprint density at radius 1 is 0.929 bits per heavy atom. The molecule has 0 spiro atoms. The maximum atomic E-state index is 12.1. The number of hydrogen-bond acceptors (Lipinski definition) is 4. The zero-order valence-electron chi connectivity index (χ0n) is 16.5. The van der Waals surface area contributed by atoms with E-state index in [1.807, 2.05) is 32.0 Å². The van der Waals surface area contributed by atoms with E-state index in [1.54, 1.807) is 38.1 Å². The second-order valence-corrected chi connectivity index (χ2v) is 6.73. The van der Waals surface area contributed by atoms with E-state index in [0.717, 1.165) is 11.1 Å². The first-order valence-corrected chi connectivity index (χ1v) is 8.97. The van der Waals surface area contributed by atoms with E-state index >= 15 is 0 Å². The van der Waals surface area contributed by atoms with Crippen LogP contribution >= 0.6 is 0 Å². The highest BCUT2D eigenvalue weighted by Crippen LogP contribution is 2.21. The largest absolute Gasteiger partial charge is 0.483 e. The van der Waals surface area contributed by atoms with Gasteiger partial charge in [0.2, 0.25) is 5.91 Å². The molecule has 3 amide bonds. The lowest BCUT2D eigenvalue weighted by Crippen LogP contribution is -2.43. The smallest absolute Gasteiger partial charge is 0.276 e. The summed E-state index contributed by atoms with van der Waals surface area (Å²) in [6, 6.07) is 12.1. The van der Waals surface area contributed by atoms with Crippen LogP contribution in [0.3, 0.4) is 0 Å². The van der Waals surface area contributed by atoms with Crippen LogP contribution in [-0.2, 0) is 9.59 Å². The Balaban J connectivity index is 1.83. The van der Waals surface area contributed by atoms with Gasteiger partial charge in [0.1, 0.15) is 5.75 Å². The van der Waals surface area contributed by atoms with Gasteiger partial charge in [-0.05, 0) is 49.2 Å². The molecule has 2 aromatic carbocycles. The van der Waals surface area contributed by atoms with Crippen LogP contribution in [0.15, 0.2) is 42.5 Å². The topological polar surface area (TPSA) is 96.5 Å². The average Bonchev–Trinajstić information content (AvgIpc) is 2.66. The SMILES string of the molecule is Cc1cccc(C)c1OCC(=O)NNC(=O)c1ccc(NC(=O)C(C)C)cc1. The fourth-order valence-electron chi connectivity index (χ4n) is 2.39. The second kappa shape index (κ2) is 9.55. The van der Waals surface area contributed by atoms with Gasteiger partial charge in [0.25, 0.3) is 11.8 Å². The molecule has 0 aromatic heterocycles. The number of benzene rings is 2. The number of carbonyl (C=O) groups excluding carboxylic acids is 3. The lowest BCUT2D eigenvalue weighted by atomic mass is 10.1. The molecule has 0 radical (unpaired) electrons. The molecule has 7 nitrogen and oxygen atoms in total. The first-order valence-electron chi connectivity index (χ1n) is 8.97. The van der Waals surface area contributed by atoms with Crippen LogP contribution in [0.5, 0.6) is 5.75 Å². The van der Waals surface area contributed by atoms with E-state index in [-0.39, 0.29) is 18.4 Å². The van der Waals surface area contributed by atoms with E-state index in [0.29, 0.717) is 17.0 Å². The Bertz CT molecular complexity index is 840. The number of carbonyl (C=O) groups is 3. The van der Waals surface area contributed by atoms with Crippen LogP contribution in [0.2, 0.25) is 0 Å². The summed E-state index contributed by atoms with van der Waals surface area (Å²) in [6.45, 7) is 7.17. The summed E-state index contributed by atoms with van der Waals surface area (Å²) in [5, 5.41) is 2.74. The Morgan fingerprint density at radius 3 is 2.11 bits per heavy atom. The van der Waals surface area contributed by atoms with Gasteiger partial charge >= 0.3 is 0 Å². The highest BCUT2D eigenvalue weighted by Gasteiger charge is 2.11. The maximum absolute atomic E-state index is 12.1. The lowest BCUT2D eigenvalue weighted by molar-refractivity contribution is -0.124. The van der Waals surface area contributed by atoms with Crippen LogP contribution in [0.4, 0.5) is 5.69 Å². The molecular formula is C21H25N3O4. The first kappa shape index (κ1) is 21.0. The third kappa shape index (κ3) is 5.84. The van der Waals surface area contributed by atoms with Crippen molar-refractivity contribution in [2.45, 2.75) is 27.7 Å². The van der Waals surface area contributed by atoms with Crippen molar-refractivity contribution in [3.05, 3.63) is 59.2 Å². The van der Waals surface area contributed by atoms with Crippen molar-refractivity contribution in [3.8, 4) is 5.75 Å². The summed E-state index contributed by atoms with van der Waals surface area (Å²) in [5.41, 5.74) is 7.46. The number of para-hydroxylation sites is 1. The van der Waals surface area contributed by atoms with Gasteiger partial charge in [0, 0.05) is 17.2 Å². The van der Waals surface area contributed by atoms with Crippen LogP contribution < -0.4 is 20.9 Å². The van der Waals surface area contributed by atoms with Gasteiger partial charge in [-0.1, -0.05) is 32.0 Å². The molecule has 28 heavy (non-hydrogen) atoms. The average molecular weight is 383 g/mol. The van der Waals surface area contributed by atoms with E-state index in [1.165, 1.54) is 0 Å².